The largest absolute Gasteiger partial charge is 0.385 e. The molecule has 0 bridgehead atoms. The van der Waals surface area contributed by atoms with Crippen LogP contribution in [0, 0.1) is 0 Å². The van der Waals surface area contributed by atoms with E-state index in [0.29, 0.717) is 0 Å². The van der Waals surface area contributed by atoms with Crippen LogP contribution in [0.5, 0.6) is 0 Å². The molecule has 0 aromatic carbocycles. The molecule has 1 heterocycles. The van der Waals surface area contributed by atoms with Crippen LogP contribution < -0.4 is 5.32 Å². The summed E-state index contributed by atoms with van der Waals surface area (Å²) in [5.74, 6) is 0. The molecule has 0 aliphatic carbocycles. The minimum Gasteiger partial charge on any atom is -0.385 e. The molecule has 1 aliphatic heterocycles. The van der Waals surface area contributed by atoms with Crippen LogP contribution in [0.4, 0.5) is 0 Å². The molecule has 0 saturated carbocycles. The Morgan fingerprint density at radius 1 is 1.43 bits per heavy atom. The molecule has 1 aliphatic rings. The zero-order valence-electron chi connectivity index (χ0n) is 9.59. The minimum atomic E-state index is 0.756. The van der Waals surface area contributed by atoms with Crippen LogP contribution in [-0.4, -0.2) is 51.3 Å². The molecule has 84 valence electrons. The number of nitrogens with one attached hydrogen (secondary N) is 1. The highest BCUT2D eigenvalue weighted by molar-refractivity contribution is 4.76. The Kier molecular flexibility index (Phi) is 6.15. The highest BCUT2D eigenvalue weighted by atomic mass is 16.5. The predicted molar refractivity (Wildman–Crippen MR) is 59.6 cm³/mol. The van der Waals surface area contributed by atoms with E-state index < -0.39 is 0 Å². The van der Waals surface area contributed by atoms with Crippen molar-refractivity contribution in [2.24, 2.45) is 0 Å². The third-order valence-electron chi connectivity index (χ3n) is 3.00. The SMILES string of the molecule is COCCCCN(C)C1CCCNC1. The number of piperidine rings is 1. The Hall–Kier alpha value is -0.120. The van der Waals surface area contributed by atoms with Gasteiger partial charge in [0.15, 0.2) is 0 Å². The molecule has 1 fully saturated rings. The first kappa shape index (κ1) is 12.0. The Morgan fingerprint density at radius 2 is 2.29 bits per heavy atom. The summed E-state index contributed by atoms with van der Waals surface area (Å²) in [6, 6.07) is 0.756. The summed E-state index contributed by atoms with van der Waals surface area (Å²) >= 11 is 0. The number of ether oxygens (including phenoxy) is 1. The van der Waals surface area contributed by atoms with E-state index >= 15 is 0 Å². The van der Waals surface area contributed by atoms with E-state index in [4.69, 9.17) is 4.74 Å². The molecule has 14 heavy (non-hydrogen) atoms. The van der Waals surface area contributed by atoms with Crippen molar-refractivity contribution in [2.75, 3.05) is 40.4 Å². The molecule has 1 unspecified atom stereocenters. The molecule has 1 rings (SSSR count). The average Bonchev–Trinajstić information content (AvgIpc) is 2.25. The number of likely N-dealkylation sites (N-methyl/N-ethyl adjacent to an activating group) is 1. The van der Waals surface area contributed by atoms with Crippen LogP contribution in [0.2, 0.25) is 0 Å². The van der Waals surface area contributed by atoms with Gasteiger partial charge in [-0.3, -0.25) is 0 Å². The maximum atomic E-state index is 5.04. The molecule has 0 radical (unpaired) electrons. The topological polar surface area (TPSA) is 24.5 Å². The van der Waals surface area contributed by atoms with Gasteiger partial charge in [0.25, 0.3) is 0 Å². The van der Waals surface area contributed by atoms with E-state index in [-0.39, 0.29) is 0 Å². The summed E-state index contributed by atoms with van der Waals surface area (Å²) in [4.78, 5) is 2.49. The Balaban J connectivity index is 2.04. The van der Waals surface area contributed by atoms with E-state index in [2.05, 4.69) is 17.3 Å². The molecule has 0 spiro atoms. The van der Waals surface area contributed by atoms with E-state index in [1.165, 1.54) is 45.3 Å². The minimum absolute atomic E-state index is 0.756. The zero-order valence-corrected chi connectivity index (χ0v) is 9.59. The summed E-state index contributed by atoms with van der Waals surface area (Å²) in [5, 5.41) is 3.45. The molecule has 0 amide bonds. The van der Waals surface area contributed by atoms with Gasteiger partial charge in [0.05, 0.1) is 0 Å². The summed E-state index contributed by atoms with van der Waals surface area (Å²) in [6.07, 6.45) is 5.11. The van der Waals surface area contributed by atoms with Gasteiger partial charge in [-0.15, -0.1) is 0 Å². The Morgan fingerprint density at radius 3 is 2.93 bits per heavy atom. The fraction of sp³-hybridized carbons (Fsp3) is 1.00. The van der Waals surface area contributed by atoms with E-state index in [1.54, 1.807) is 7.11 Å². The summed E-state index contributed by atoms with van der Waals surface area (Å²) in [5.41, 5.74) is 0. The van der Waals surface area contributed by atoms with Gasteiger partial charge in [0.1, 0.15) is 0 Å². The molecule has 1 atom stereocenters. The first-order valence-corrected chi connectivity index (χ1v) is 5.74. The van der Waals surface area contributed by atoms with Crippen molar-refractivity contribution in [1.82, 2.24) is 10.2 Å². The lowest BCUT2D eigenvalue weighted by Gasteiger charge is -2.31. The Bertz CT molecular complexity index is 135. The van der Waals surface area contributed by atoms with Gasteiger partial charge in [-0.25, -0.2) is 0 Å². The monoisotopic (exact) mass is 200 g/mol. The lowest BCUT2D eigenvalue weighted by molar-refractivity contribution is 0.171. The van der Waals surface area contributed by atoms with Gasteiger partial charge < -0.3 is 15.0 Å². The number of unbranched alkanes of at least 4 members (excludes halogenated alkanes) is 1. The van der Waals surface area contributed by atoms with E-state index in [9.17, 15) is 0 Å². The highest BCUT2D eigenvalue weighted by Gasteiger charge is 2.16. The number of hydrogen-bond donors (Lipinski definition) is 1. The second kappa shape index (κ2) is 7.21. The van der Waals surface area contributed by atoms with Gasteiger partial charge in [-0.2, -0.15) is 0 Å². The van der Waals surface area contributed by atoms with Crippen LogP contribution in [0.15, 0.2) is 0 Å². The van der Waals surface area contributed by atoms with Crippen LogP contribution in [0.25, 0.3) is 0 Å². The smallest absolute Gasteiger partial charge is 0.0462 e. The number of nitrogens with zero attached hydrogens (tertiary/aromatic N) is 1. The third kappa shape index (κ3) is 4.40. The first-order valence-electron chi connectivity index (χ1n) is 5.74. The lowest BCUT2D eigenvalue weighted by atomic mass is 10.1. The summed E-state index contributed by atoms with van der Waals surface area (Å²) in [6.45, 7) is 4.47. The van der Waals surface area contributed by atoms with Gasteiger partial charge >= 0.3 is 0 Å². The number of methoxy groups -OCH3 is 1. The van der Waals surface area contributed by atoms with Gasteiger partial charge in [-0.1, -0.05) is 0 Å². The molecule has 1 N–H and O–H groups in total. The lowest BCUT2D eigenvalue weighted by Crippen LogP contribution is -2.44. The molecular weight excluding hydrogens is 176 g/mol. The fourth-order valence-electron chi connectivity index (χ4n) is 2.00. The van der Waals surface area contributed by atoms with Crippen molar-refractivity contribution >= 4 is 0 Å². The van der Waals surface area contributed by atoms with Crippen molar-refractivity contribution in [3.63, 3.8) is 0 Å². The second-order valence-electron chi connectivity index (χ2n) is 4.18. The van der Waals surface area contributed by atoms with Crippen LogP contribution in [-0.2, 0) is 4.74 Å². The molecule has 3 heteroatoms. The van der Waals surface area contributed by atoms with E-state index in [1.807, 2.05) is 0 Å². The van der Waals surface area contributed by atoms with Crippen molar-refractivity contribution in [2.45, 2.75) is 31.7 Å². The molecule has 3 nitrogen and oxygen atoms in total. The van der Waals surface area contributed by atoms with Gasteiger partial charge in [0.2, 0.25) is 0 Å². The van der Waals surface area contributed by atoms with Crippen molar-refractivity contribution < 1.29 is 4.74 Å². The maximum absolute atomic E-state index is 5.04. The standard InChI is InChI=1S/C11H24N2O/c1-13(8-3-4-9-14-2)11-6-5-7-12-10-11/h11-12H,3-10H2,1-2H3. The number of hydrogen-bond acceptors (Lipinski definition) is 3. The fourth-order valence-corrected chi connectivity index (χ4v) is 2.00. The van der Waals surface area contributed by atoms with Crippen molar-refractivity contribution in [1.29, 1.82) is 0 Å². The highest BCUT2D eigenvalue weighted by Crippen LogP contribution is 2.09. The first-order chi connectivity index (χ1) is 6.84. The quantitative estimate of drug-likeness (QED) is 0.650. The van der Waals surface area contributed by atoms with E-state index in [0.717, 1.165) is 12.6 Å². The second-order valence-corrected chi connectivity index (χ2v) is 4.18. The number of rotatable bonds is 6. The van der Waals surface area contributed by atoms with Crippen LogP contribution in [0.1, 0.15) is 25.7 Å². The molecule has 0 aromatic heterocycles. The molecule has 1 saturated heterocycles. The van der Waals surface area contributed by atoms with Crippen molar-refractivity contribution in [3.8, 4) is 0 Å². The van der Waals surface area contributed by atoms with Crippen LogP contribution >= 0.6 is 0 Å². The third-order valence-corrected chi connectivity index (χ3v) is 3.00. The Labute approximate surface area is 87.8 Å². The van der Waals surface area contributed by atoms with Gasteiger partial charge in [0, 0.05) is 26.3 Å². The normalized spacial score (nSPS) is 22.9. The molecule has 0 aromatic rings. The summed E-state index contributed by atoms with van der Waals surface area (Å²) < 4.78 is 5.04. The van der Waals surface area contributed by atoms with Gasteiger partial charge in [-0.05, 0) is 45.8 Å². The zero-order chi connectivity index (χ0) is 10.2. The van der Waals surface area contributed by atoms with Crippen molar-refractivity contribution in [3.05, 3.63) is 0 Å². The average molecular weight is 200 g/mol. The molecular formula is C11H24N2O. The predicted octanol–water partition coefficient (Wildman–Crippen LogP) is 1.10. The maximum Gasteiger partial charge on any atom is 0.0462 e. The van der Waals surface area contributed by atoms with Crippen LogP contribution in [0.3, 0.4) is 0 Å². The summed E-state index contributed by atoms with van der Waals surface area (Å²) in [7, 11) is 4.01.